The zero-order valence-corrected chi connectivity index (χ0v) is 11.2. The second-order valence-corrected chi connectivity index (χ2v) is 4.60. The lowest BCUT2D eigenvalue weighted by Gasteiger charge is -1.99. The number of fused-ring (bicyclic) bond motifs is 1. The molecule has 20 heavy (non-hydrogen) atoms. The van der Waals surface area contributed by atoms with Gasteiger partial charge in [-0.3, -0.25) is 0 Å². The largest absolute Gasteiger partial charge is 0.236 e. The summed E-state index contributed by atoms with van der Waals surface area (Å²) in [5.41, 5.74) is 3.26. The Hall–Kier alpha value is -2.62. The maximum atomic E-state index is 4.23. The van der Waals surface area contributed by atoms with E-state index >= 15 is 0 Å². The molecule has 0 bridgehead atoms. The van der Waals surface area contributed by atoms with Crippen molar-refractivity contribution in [2.75, 3.05) is 0 Å². The van der Waals surface area contributed by atoms with Crippen molar-refractivity contribution in [2.45, 2.75) is 13.5 Å². The minimum Gasteiger partial charge on any atom is -0.236 e. The molecule has 2 aromatic carbocycles. The number of aryl methyl sites for hydroxylation is 1. The molecule has 0 saturated heterocycles. The molecule has 4 heteroatoms. The number of aromatic nitrogens is 2. The van der Waals surface area contributed by atoms with Gasteiger partial charge in [-0.25, -0.2) is 9.97 Å². The van der Waals surface area contributed by atoms with Gasteiger partial charge in [0.15, 0.2) is 5.82 Å². The Morgan fingerprint density at radius 1 is 0.950 bits per heavy atom. The lowest BCUT2D eigenvalue weighted by atomic mass is 10.2. The average molecular weight is 262 g/mol. The highest BCUT2D eigenvalue weighted by Crippen LogP contribution is 2.21. The molecule has 0 N–H and O–H groups in total. The van der Waals surface area contributed by atoms with Crippen molar-refractivity contribution in [3.63, 3.8) is 0 Å². The molecule has 4 nitrogen and oxygen atoms in total. The molecule has 0 aliphatic carbocycles. The van der Waals surface area contributed by atoms with Crippen LogP contribution < -0.4 is 0 Å². The molecule has 0 spiro atoms. The van der Waals surface area contributed by atoms with Crippen LogP contribution in [0.3, 0.4) is 0 Å². The first-order valence-corrected chi connectivity index (χ1v) is 6.46. The highest BCUT2D eigenvalue weighted by Gasteiger charge is 2.00. The lowest BCUT2D eigenvalue weighted by molar-refractivity contribution is 0.946. The van der Waals surface area contributed by atoms with E-state index < -0.39 is 0 Å². The van der Waals surface area contributed by atoms with Crippen LogP contribution in [0.2, 0.25) is 0 Å². The summed E-state index contributed by atoms with van der Waals surface area (Å²) < 4.78 is 0. The molecule has 0 fully saturated rings. The minimum absolute atomic E-state index is 0.554. The maximum Gasteiger partial charge on any atom is 0.184 e. The summed E-state index contributed by atoms with van der Waals surface area (Å²) in [6.45, 7) is 2.62. The van der Waals surface area contributed by atoms with E-state index in [0.717, 1.165) is 16.5 Å². The third-order valence-corrected chi connectivity index (χ3v) is 3.06. The third kappa shape index (κ3) is 2.69. The number of nitrogens with zero attached hydrogens (tertiary/aromatic N) is 4. The predicted molar refractivity (Wildman–Crippen MR) is 78.9 cm³/mol. The molecule has 1 heterocycles. The molecule has 3 aromatic rings. The molecule has 0 saturated carbocycles. The van der Waals surface area contributed by atoms with Crippen LogP contribution in [-0.2, 0) is 6.54 Å². The summed E-state index contributed by atoms with van der Waals surface area (Å²) in [6, 6.07) is 16.1. The molecular weight excluding hydrogens is 248 g/mol. The van der Waals surface area contributed by atoms with Crippen LogP contribution in [0.4, 0.5) is 5.82 Å². The molecule has 1 aromatic heterocycles. The Morgan fingerprint density at radius 3 is 2.60 bits per heavy atom. The van der Waals surface area contributed by atoms with Gasteiger partial charge in [0.2, 0.25) is 0 Å². The number of azo groups is 1. The van der Waals surface area contributed by atoms with E-state index in [-0.39, 0.29) is 0 Å². The summed E-state index contributed by atoms with van der Waals surface area (Å²) in [7, 11) is 0. The van der Waals surface area contributed by atoms with Gasteiger partial charge >= 0.3 is 0 Å². The molecule has 0 radical (unpaired) electrons. The quantitative estimate of drug-likeness (QED) is 0.663. The summed E-state index contributed by atoms with van der Waals surface area (Å²) in [6.07, 6.45) is 1.52. The van der Waals surface area contributed by atoms with E-state index in [9.17, 15) is 0 Å². The normalized spacial score (nSPS) is 11.2. The van der Waals surface area contributed by atoms with E-state index in [1.807, 2.05) is 24.3 Å². The van der Waals surface area contributed by atoms with Gasteiger partial charge in [-0.1, -0.05) is 42.0 Å². The molecule has 98 valence electrons. The summed E-state index contributed by atoms with van der Waals surface area (Å²) in [5.74, 6) is 0.614. The van der Waals surface area contributed by atoms with Crippen LogP contribution in [0, 0.1) is 6.92 Å². The predicted octanol–water partition coefficient (Wildman–Crippen LogP) is 4.22. The highest BCUT2D eigenvalue weighted by atomic mass is 15.1. The van der Waals surface area contributed by atoms with E-state index in [0.29, 0.717) is 12.4 Å². The van der Waals surface area contributed by atoms with Crippen LogP contribution in [-0.4, -0.2) is 9.97 Å². The van der Waals surface area contributed by atoms with Crippen molar-refractivity contribution in [3.05, 3.63) is 66.0 Å². The lowest BCUT2D eigenvalue weighted by Crippen LogP contribution is -1.83. The Morgan fingerprint density at radius 2 is 1.75 bits per heavy atom. The molecule has 0 amide bonds. The first-order valence-electron chi connectivity index (χ1n) is 6.46. The fourth-order valence-electron chi connectivity index (χ4n) is 1.95. The molecule has 3 rings (SSSR count). The first-order chi connectivity index (χ1) is 9.83. The van der Waals surface area contributed by atoms with Crippen LogP contribution in [0.15, 0.2) is 65.1 Å². The maximum absolute atomic E-state index is 4.23. The Balaban J connectivity index is 1.82. The number of hydrogen-bond donors (Lipinski definition) is 0. The van der Waals surface area contributed by atoms with Crippen LogP contribution in [0.1, 0.15) is 11.1 Å². The van der Waals surface area contributed by atoms with Crippen molar-refractivity contribution in [3.8, 4) is 0 Å². The summed E-state index contributed by atoms with van der Waals surface area (Å²) >= 11 is 0. The van der Waals surface area contributed by atoms with Crippen LogP contribution in [0.5, 0.6) is 0 Å². The second kappa shape index (κ2) is 5.57. The van der Waals surface area contributed by atoms with Crippen LogP contribution >= 0.6 is 0 Å². The standard InChI is InChI=1S/C16H14N4/c1-12-6-8-13(9-7-12)10-19-20-16-14-4-2-3-5-15(14)17-11-18-16/h2-9,11H,10H2,1H3. The zero-order chi connectivity index (χ0) is 13.8. The molecule has 0 aliphatic rings. The Kier molecular flexibility index (Phi) is 3.46. The van der Waals surface area contributed by atoms with Crippen LogP contribution in [0.25, 0.3) is 10.9 Å². The molecule has 0 aliphatic heterocycles. The number of benzene rings is 2. The monoisotopic (exact) mass is 262 g/mol. The van der Waals surface area contributed by atoms with Crippen molar-refractivity contribution < 1.29 is 0 Å². The van der Waals surface area contributed by atoms with Gasteiger partial charge in [0.25, 0.3) is 0 Å². The molecule has 0 atom stereocenters. The molecular formula is C16H14N4. The SMILES string of the molecule is Cc1ccc(CN=Nc2ncnc3ccccc23)cc1. The fraction of sp³-hybridized carbons (Fsp3) is 0.125. The van der Waals surface area contributed by atoms with Gasteiger partial charge < -0.3 is 0 Å². The highest BCUT2D eigenvalue weighted by molar-refractivity contribution is 5.86. The van der Waals surface area contributed by atoms with Gasteiger partial charge in [0.1, 0.15) is 6.33 Å². The van der Waals surface area contributed by atoms with Gasteiger partial charge in [0, 0.05) is 5.39 Å². The summed E-state index contributed by atoms with van der Waals surface area (Å²) in [4.78, 5) is 8.39. The second-order valence-electron chi connectivity index (χ2n) is 4.60. The van der Waals surface area contributed by atoms with Gasteiger partial charge in [0.05, 0.1) is 12.1 Å². The third-order valence-electron chi connectivity index (χ3n) is 3.06. The van der Waals surface area contributed by atoms with Crippen molar-refractivity contribution in [1.82, 2.24) is 9.97 Å². The van der Waals surface area contributed by atoms with Gasteiger partial charge in [-0.2, -0.15) is 5.11 Å². The number of para-hydroxylation sites is 1. The van der Waals surface area contributed by atoms with Crippen molar-refractivity contribution in [2.24, 2.45) is 10.2 Å². The average Bonchev–Trinajstić information content (AvgIpc) is 2.49. The van der Waals surface area contributed by atoms with Gasteiger partial charge in [-0.15, -0.1) is 5.11 Å². The van der Waals surface area contributed by atoms with Gasteiger partial charge in [-0.05, 0) is 24.6 Å². The van der Waals surface area contributed by atoms with E-state index in [1.54, 1.807) is 0 Å². The van der Waals surface area contributed by atoms with Crippen molar-refractivity contribution >= 4 is 16.7 Å². The Labute approximate surface area is 117 Å². The summed E-state index contributed by atoms with van der Waals surface area (Å²) in [5, 5.41) is 9.37. The van der Waals surface area contributed by atoms with Crippen molar-refractivity contribution in [1.29, 1.82) is 0 Å². The smallest absolute Gasteiger partial charge is 0.184 e. The minimum atomic E-state index is 0.554. The first kappa shape index (κ1) is 12.4. The Bertz CT molecular complexity index is 743. The number of hydrogen-bond acceptors (Lipinski definition) is 4. The zero-order valence-electron chi connectivity index (χ0n) is 11.2. The van der Waals surface area contributed by atoms with E-state index in [2.05, 4.69) is 51.4 Å². The van der Waals surface area contributed by atoms with E-state index in [1.165, 1.54) is 11.9 Å². The topological polar surface area (TPSA) is 50.5 Å². The number of rotatable bonds is 3. The van der Waals surface area contributed by atoms with E-state index in [4.69, 9.17) is 0 Å². The fourth-order valence-corrected chi connectivity index (χ4v) is 1.95. The molecule has 0 unspecified atom stereocenters.